The summed E-state index contributed by atoms with van der Waals surface area (Å²) in [4.78, 5) is 0. The van der Waals surface area contributed by atoms with Crippen molar-refractivity contribution in [1.29, 1.82) is 0 Å². The van der Waals surface area contributed by atoms with E-state index in [0.29, 0.717) is 58.0 Å². The predicted octanol–water partition coefficient (Wildman–Crippen LogP) is 11.3. The van der Waals surface area contributed by atoms with Crippen molar-refractivity contribution in [3.8, 4) is 28.4 Å². The molecule has 0 heterocycles. The van der Waals surface area contributed by atoms with E-state index in [1.165, 1.54) is 25.1 Å². The molecule has 1 unspecified atom stereocenters. The SMILES string of the molecule is CCOc1ccc(-c2ccc(OCCCC(CCO)CCCOC3CCC(c4ccc(OCC)c(F)c4C(F)(F)F)CC3)cc2F)c(C(F)(F)F)c1F. The summed E-state index contributed by atoms with van der Waals surface area (Å²) in [6, 6.07) is 7.94. The second-order valence-electron chi connectivity index (χ2n) is 13.0. The second-order valence-corrected chi connectivity index (χ2v) is 13.0. The van der Waals surface area contributed by atoms with Crippen molar-refractivity contribution < 1.29 is 63.6 Å². The number of alkyl halides is 6. The Balaban J connectivity index is 1.22. The highest BCUT2D eigenvalue weighted by atomic mass is 19.4. The Morgan fingerprint density at radius 2 is 1.25 bits per heavy atom. The number of aliphatic hydroxyl groups is 1. The lowest BCUT2D eigenvalue weighted by Crippen LogP contribution is -2.24. The van der Waals surface area contributed by atoms with Gasteiger partial charge in [-0.15, -0.1) is 0 Å². The predicted molar refractivity (Wildman–Crippen MR) is 181 cm³/mol. The Labute approximate surface area is 303 Å². The second kappa shape index (κ2) is 19.1. The molecule has 4 rings (SSSR count). The summed E-state index contributed by atoms with van der Waals surface area (Å²) in [5, 5.41) is 9.55. The molecular weight excluding hydrogens is 719 g/mol. The third-order valence-electron chi connectivity index (χ3n) is 9.43. The number of halogens is 9. The van der Waals surface area contributed by atoms with Crippen LogP contribution >= 0.6 is 0 Å². The van der Waals surface area contributed by atoms with Crippen LogP contribution in [-0.2, 0) is 17.1 Å². The minimum absolute atomic E-state index is 0.0266. The molecule has 0 amide bonds. The van der Waals surface area contributed by atoms with E-state index in [-0.39, 0.29) is 49.8 Å². The van der Waals surface area contributed by atoms with E-state index in [9.17, 15) is 40.2 Å². The van der Waals surface area contributed by atoms with Crippen LogP contribution in [0.2, 0.25) is 0 Å². The molecule has 1 saturated carbocycles. The Bertz CT molecular complexity index is 1620. The van der Waals surface area contributed by atoms with Gasteiger partial charge >= 0.3 is 12.4 Å². The number of ether oxygens (including phenoxy) is 4. The zero-order valence-electron chi connectivity index (χ0n) is 29.7. The maximum absolute atomic E-state index is 15.0. The summed E-state index contributed by atoms with van der Waals surface area (Å²) in [6.07, 6.45) is -4.97. The van der Waals surface area contributed by atoms with Gasteiger partial charge in [-0.1, -0.05) is 6.07 Å². The molecule has 0 spiro atoms. The van der Waals surface area contributed by atoms with Crippen molar-refractivity contribution in [1.82, 2.24) is 0 Å². The molecule has 5 nitrogen and oxygen atoms in total. The number of benzene rings is 3. The molecule has 294 valence electrons. The van der Waals surface area contributed by atoms with Gasteiger partial charge in [-0.2, -0.15) is 26.3 Å². The van der Waals surface area contributed by atoms with Gasteiger partial charge in [0.25, 0.3) is 0 Å². The van der Waals surface area contributed by atoms with E-state index in [1.54, 1.807) is 6.92 Å². The minimum Gasteiger partial charge on any atom is -0.493 e. The third kappa shape index (κ3) is 11.2. The van der Waals surface area contributed by atoms with Gasteiger partial charge < -0.3 is 24.1 Å². The summed E-state index contributed by atoms with van der Waals surface area (Å²) < 4.78 is 149. The Hall–Kier alpha value is -3.65. The van der Waals surface area contributed by atoms with Crippen molar-refractivity contribution >= 4 is 0 Å². The van der Waals surface area contributed by atoms with E-state index >= 15 is 4.39 Å². The van der Waals surface area contributed by atoms with Crippen LogP contribution in [0.3, 0.4) is 0 Å². The van der Waals surface area contributed by atoms with E-state index < -0.39 is 69.5 Å². The molecule has 14 heteroatoms. The van der Waals surface area contributed by atoms with Gasteiger partial charge in [0.2, 0.25) is 0 Å². The van der Waals surface area contributed by atoms with Crippen molar-refractivity contribution in [3.63, 3.8) is 0 Å². The fourth-order valence-corrected chi connectivity index (χ4v) is 6.94. The molecule has 0 saturated heterocycles. The van der Waals surface area contributed by atoms with Gasteiger partial charge in [0.15, 0.2) is 23.1 Å². The first-order chi connectivity index (χ1) is 25.2. The van der Waals surface area contributed by atoms with Crippen LogP contribution in [-0.4, -0.2) is 44.2 Å². The monoisotopic (exact) mass is 764 g/mol. The molecule has 3 aromatic carbocycles. The molecule has 0 aromatic heterocycles. The van der Waals surface area contributed by atoms with E-state index in [2.05, 4.69) is 0 Å². The van der Waals surface area contributed by atoms with Gasteiger partial charge in [0.1, 0.15) is 17.1 Å². The minimum atomic E-state index is -5.10. The first-order valence-electron chi connectivity index (χ1n) is 17.9. The Morgan fingerprint density at radius 3 is 1.81 bits per heavy atom. The first-order valence-corrected chi connectivity index (χ1v) is 17.9. The molecule has 1 atom stereocenters. The number of hydrogen-bond acceptors (Lipinski definition) is 5. The number of rotatable bonds is 18. The highest BCUT2D eigenvalue weighted by Crippen LogP contribution is 2.45. The smallest absolute Gasteiger partial charge is 0.419 e. The molecule has 3 aromatic rings. The van der Waals surface area contributed by atoms with Crippen molar-refractivity contribution in [2.75, 3.05) is 33.0 Å². The molecule has 1 aliphatic rings. The molecule has 53 heavy (non-hydrogen) atoms. The lowest BCUT2D eigenvalue weighted by atomic mass is 9.80. The van der Waals surface area contributed by atoms with Gasteiger partial charge in [0, 0.05) is 30.4 Å². The zero-order chi connectivity index (χ0) is 38.8. The molecule has 1 aliphatic carbocycles. The highest BCUT2D eigenvalue weighted by Gasteiger charge is 2.41. The van der Waals surface area contributed by atoms with Crippen LogP contribution in [0.15, 0.2) is 42.5 Å². The topological polar surface area (TPSA) is 57.2 Å². The maximum Gasteiger partial charge on any atom is 0.419 e. The van der Waals surface area contributed by atoms with E-state index in [4.69, 9.17) is 18.9 Å². The zero-order valence-corrected chi connectivity index (χ0v) is 29.7. The lowest BCUT2D eigenvalue weighted by molar-refractivity contribution is -0.141. The highest BCUT2D eigenvalue weighted by molar-refractivity contribution is 5.71. The molecule has 0 bridgehead atoms. The fraction of sp³-hybridized carbons (Fsp3) is 0.538. The van der Waals surface area contributed by atoms with Crippen LogP contribution in [0.4, 0.5) is 39.5 Å². The third-order valence-corrected chi connectivity index (χ3v) is 9.43. The lowest BCUT2D eigenvalue weighted by Gasteiger charge is -2.31. The number of hydrogen-bond donors (Lipinski definition) is 1. The number of aliphatic hydroxyl groups excluding tert-OH is 1. The molecule has 1 N–H and O–H groups in total. The van der Waals surface area contributed by atoms with Crippen LogP contribution < -0.4 is 14.2 Å². The Morgan fingerprint density at radius 1 is 0.679 bits per heavy atom. The van der Waals surface area contributed by atoms with Crippen molar-refractivity contribution in [3.05, 3.63) is 76.6 Å². The quantitative estimate of drug-likeness (QED) is 0.103. The van der Waals surface area contributed by atoms with Crippen LogP contribution in [0.25, 0.3) is 11.1 Å². The molecule has 1 fully saturated rings. The average molecular weight is 765 g/mol. The maximum atomic E-state index is 15.0. The first kappa shape index (κ1) is 42.1. The standard InChI is InChI=1S/C39H45F9O5/c1-3-50-32-17-15-28(34(36(32)41)38(43,44)45)25-9-11-26(12-10-25)52-21-5-7-24(19-20-49)8-6-22-53-27-13-14-29(31(40)23-27)30-16-18-33(51-4-2)37(42)35(30)39(46,47)48/h13-18,23-26,49H,3-12,19-22H2,1-2H3. The summed E-state index contributed by atoms with van der Waals surface area (Å²) in [5.41, 5.74) is -4.05. The normalized spacial score (nSPS) is 17.1. The van der Waals surface area contributed by atoms with Crippen LogP contribution in [0.5, 0.6) is 17.2 Å². The summed E-state index contributed by atoms with van der Waals surface area (Å²) in [6.45, 7) is 3.65. The van der Waals surface area contributed by atoms with Gasteiger partial charge in [-0.25, -0.2) is 13.2 Å². The van der Waals surface area contributed by atoms with E-state index in [0.717, 1.165) is 30.7 Å². The largest absolute Gasteiger partial charge is 0.493 e. The van der Waals surface area contributed by atoms with Gasteiger partial charge in [-0.3, -0.25) is 0 Å². The van der Waals surface area contributed by atoms with Gasteiger partial charge in [0.05, 0.1) is 31.5 Å². The molecular formula is C39H45F9O5. The molecule has 0 aliphatic heterocycles. The van der Waals surface area contributed by atoms with E-state index in [1.807, 2.05) is 0 Å². The van der Waals surface area contributed by atoms with Crippen LogP contribution in [0, 0.1) is 23.4 Å². The summed E-state index contributed by atoms with van der Waals surface area (Å²) in [5.74, 6) is -5.23. The fourth-order valence-electron chi connectivity index (χ4n) is 6.94. The Kier molecular flexibility index (Phi) is 15.2. The van der Waals surface area contributed by atoms with Gasteiger partial charge in [-0.05, 0) is 119 Å². The van der Waals surface area contributed by atoms with Crippen molar-refractivity contribution in [2.45, 2.75) is 96.0 Å². The molecule has 0 radical (unpaired) electrons. The average Bonchev–Trinajstić information content (AvgIpc) is 3.09. The van der Waals surface area contributed by atoms with Crippen LogP contribution in [0.1, 0.15) is 94.2 Å². The summed E-state index contributed by atoms with van der Waals surface area (Å²) >= 11 is 0. The van der Waals surface area contributed by atoms with Crippen molar-refractivity contribution in [2.24, 2.45) is 5.92 Å². The summed E-state index contributed by atoms with van der Waals surface area (Å²) in [7, 11) is 0.